The maximum Gasteiger partial charge on any atom is 0.351 e. The van der Waals surface area contributed by atoms with Crippen LogP contribution in [0.25, 0.3) is 0 Å². The topological polar surface area (TPSA) is 122 Å². The van der Waals surface area contributed by atoms with Crippen LogP contribution in [0, 0.1) is 0 Å². The fourth-order valence-corrected chi connectivity index (χ4v) is 18.0. The van der Waals surface area contributed by atoms with Crippen molar-refractivity contribution in [2.24, 2.45) is 9.26 Å². The van der Waals surface area contributed by atoms with Crippen LogP contribution in [0.5, 0.6) is 0 Å². The highest BCUT2D eigenvalue weighted by Crippen LogP contribution is 2.68. The average Bonchev–Trinajstić information content (AvgIpc) is 2.85. The molecule has 6 N–H and O–H groups in total. The lowest BCUT2D eigenvalue weighted by Gasteiger charge is -2.44. The molecule has 0 spiro atoms. The molecule has 208 valence electrons. The van der Waals surface area contributed by atoms with E-state index in [9.17, 15) is 9.46 Å². The van der Waals surface area contributed by atoms with Crippen LogP contribution in [0.1, 0.15) is 128 Å². The van der Waals surface area contributed by atoms with Gasteiger partial charge in [0, 0.05) is 18.1 Å². The summed E-state index contributed by atoms with van der Waals surface area (Å²) < 4.78 is 24.8. The summed E-state index contributed by atoms with van der Waals surface area (Å²) in [7, 11) is -9.40. The van der Waals surface area contributed by atoms with Crippen LogP contribution in [0.4, 0.5) is 0 Å². The van der Waals surface area contributed by atoms with Gasteiger partial charge < -0.3 is 4.89 Å². The van der Waals surface area contributed by atoms with Gasteiger partial charge >= 0.3 is 7.67 Å². The Balaban J connectivity index is 1.56. The quantitative estimate of drug-likeness (QED) is 0.181. The van der Waals surface area contributed by atoms with Gasteiger partial charge in [-0.05, 0) is 51.4 Å². The van der Waals surface area contributed by atoms with E-state index in [-0.39, 0.29) is 6.04 Å². The first-order valence-electron chi connectivity index (χ1n) is 14.9. The van der Waals surface area contributed by atoms with E-state index in [2.05, 4.69) is 25.0 Å². The van der Waals surface area contributed by atoms with Crippen molar-refractivity contribution in [2.45, 2.75) is 153 Å². The highest BCUT2D eigenvalue weighted by Gasteiger charge is 2.45. The van der Waals surface area contributed by atoms with Gasteiger partial charge in [-0.15, -0.1) is 0 Å². The van der Waals surface area contributed by atoms with Crippen molar-refractivity contribution in [2.75, 3.05) is 0 Å². The van der Waals surface area contributed by atoms with Gasteiger partial charge in [0.15, 0.2) is 7.51 Å². The first-order valence-corrected chi connectivity index (χ1v) is 20.0. The van der Waals surface area contributed by atoms with Crippen LogP contribution in [-0.2, 0) is 4.57 Å². The molecular formula is C24H50N7O2P3. The molecule has 12 heteroatoms. The van der Waals surface area contributed by atoms with Gasteiger partial charge in [0.25, 0.3) is 0 Å². The molecule has 0 radical (unpaired) electrons. The summed E-state index contributed by atoms with van der Waals surface area (Å²) in [6, 6.07) is 1.16. The fraction of sp³-hybridized carbons (Fsp3) is 1.00. The maximum atomic E-state index is 13.8. The second kappa shape index (κ2) is 12.7. The summed E-state index contributed by atoms with van der Waals surface area (Å²) >= 11 is 0. The molecule has 2 atom stereocenters. The van der Waals surface area contributed by atoms with E-state index in [1.807, 2.05) is 0 Å². The lowest BCUT2D eigenvalue weighted by molar-refractivity contribution is 0.400. The minimum atomic E-state index is -3.88. The van der Waals surface area contributed by atoms with Gasteiger partial charge in [-0.25, -0.2) is 0 Å². The number of hydrogen-bond acceptors (Lipinski definition) is 4. The van der Waals surface area contributed by atoms with E-state index >= 15 is 0 Å². The normalized spacial score (nSPS) is 35.8. The molecule has 36 heavy (non-hydrogen) atoms. The Morgan fingerprint density at radius 1 is 0.611 bits per heavy atom. The van der Waals surface area contributed by atoms with Gasteiger partial charge in [0.1, 0.15) is 0 Å². The molecule has 0 aromatic heterocycles. The Kier molecular flexibility index (Phi) is 9.91. The molecule has 0 bridgehead atoms. The second-order valence-electron chi connectivity index (χ2n) is 11.9. The van der Waals surface area contributed by atoms with Gasteiger partial charge in [-0.3, -0.25) is 24.6 Å². The molecule has 1 aliphatic heterocycles. The van der Waals surface area contributed by atoms with Crippen LogP contribution in [0.2, 0.25) is 0 Å². The third kappa shape index (κ3) is 7.77. The van der Waals surface area contributed by atoms with Crippen molar-refractivity contribution in [3.63, 3.8) is 0 Å². The Hall–Kier alpha value is 0.450. The highest BCUT2D eigenvalue weighted by molar-refractivity contribution is 7.86. The number of nitrogens with one attached hydrogen (secondary N) is 5. The molecule has 5 rings (SSSR count). The van der Waals surface area contributed by atoms with E-state index < -0.39 is 22.7 Å². The first kappa shape index (κ1) is 28.0. The summed E-state index contributed by atoms with van der Waals surface area (Å²) in [6.45, 7) is 0. The van der Waals surface area contributed by atoms with E-state index in [0.717, 1.165) is 51.4 Å². The lowest BCUT2D eigenvalue weighted by atomic mass is 9.96. The molecule has 1 unspecified atom stereocenters. The summed E-state index contributed by atoms with van der Waals surface area (Å²) in [6.07, 6.45) is 23.5. The average molecular weight is 562 g/mol. The molecule has 1 heterocycles. The molecule has 0 saturated heterocycles. The minimum Gasteiger partial charge on any atom is -0.321 e. The number of rotatable bonds is 7. The lowest BCUT2D eigenvalue weighted by Crippen LogP contribution is -2.46. The van der Waals surface area contributed by atoms with E-state index in [1.54, 1.807) is 0 Å². The zero-order valence-electron chi connectivity index (χ0n) is 22.0. The molecular weight excluding hydrogens is 511 g/mol. The van der Waals surface area contributed by atoms with E-state index in [0.29, 0.717) is 18.1 Å². The summed E-state index contributed by atoms with van der Waals surface area (Å²) in [5.74, 6) is 0. The molecule has 4 saturated carbocycles. The molecule has 0 aromatic carbocycles. The standard InChI is InChI=1S/C24H50N7O2P3/c32-36(33)30-34(25-21-13-5-1-6-14-21,26-22-15-7-2-8-16-22)29-35(31-36,27-23-17-9-3-10-18-23)28-24-19-11-4-12-20-24/h21-27H,1-20H2,(H3,30,31,32,33)/t35-/m0/s1. The van der Waals surface area contributed by atoms with Crippen LogP contribution in [0.15, 0.2) is 9.26 Å². The van der Waals surface area contributed by atoms with E-state index in [4.69, 9.17) is 9.26 Å². The molecule has 0 aromatic rings. The highest BCUT2D eigenvalue weighted by atomic mass is 31.3. The van der Waals surface area contributed by atoms with Crippen molar-refractivity contribution in [1.29, 1.82) is 0 Å². The van der Waals surface area contributed by atoms with Crippen LogP contribution < -0.4 is 25.0 Å². The Labute approximate surface area is 218 Å². The Morgan fingerprint density at radius 3 is 1.50 bits per heavy atom. The monoisotopic (exact) mass is 561 g/mol. The predicted octanol–water partition coefficient (Wildman–Crippen LogP) is 7.27. The zero-order valence-corrected chi connectivity index (χ0v) is 24.7. The maximum absolute atomic E-state index is 13.8. The van der Waals surface area contributed by atoms with E-state index in [1.165, 1.54) is 77.0 Å². The molecule has 4 fully saturated rings. The van der Waals surface area contributed by atoms with Crippen molar-refractivity contribution >= 4 is 22.7 Å². The zero-order chi connectivity index (χ0) is 24.9. The van der Waals surface area contributed by atoms with Crippen LogP contribution in [0.3, 0.4) is 0 Å². The second-order valence-corrected chi connectivity index (χ2v) is 18.8. The van der Waals surface area contributed by atoms with Crippen molar-refractivity contribution in [3.05, 3.63) is 0 Å². The predicted molar refractivity (Wildman–Crippen MR) is 152 cm³/mol. The number of hydrogen-bond donors (Lipinski definition) is 6. The Morgan fingerprint density at radius 2 is 1.03 bits per heavy atom. The molecule has 9 nitrogen and oxygen atoms in total. The first-order chi connectivity index (χ1) is 17.4. The summed E-state index contributed by atoms with van der Waals surface area (Å²) in [5, 5.41) is 11.6. The van der Waals surface area contributed by atoms with Crippen LogP contribution in [-0.4, -0.2) is 29.1 Å². The Bertz CT molecular complexity index is 853. The van der Waals surface area contributed by atoms with Crippen molar-refractivity contribution in [3.8, 4) is 0 Å². The van der Waals surface area contributed by atoms with Gasteiger partial charge in [0.2, 0.25) is 7.51 Å². The summed E-state index contributed by atoms with van der Waals surface area (Å²) in [4.78, 5) is 17.6. The summed E-state index contributed by atoms with van der Waals surface area (Å²) in [5.41, 5.74) is 0. The fourth-order valence-electron chi connectivity index (χ4n) is 6.84. The number of nitrogens with zero attached hydrogens (tertiary/aromatic N) is 2. The van der Waals surface area contributed by atoms with Crippen LogP contribution >= 0.6 is 22.7 Å². The molecule has 5 aliphatic rings. The minimum absolute atomic E-state index is 0.212. The van der Waals surface area contributed by atoms with Crippen molar-refractivity contribution < 1.29 is 9.46 Å². The smallest absolute Gasteiger partial charge is 0.321 e. The largest absolute Gasteiger partial charge is 0.351 e. The SMILES string of the molecule is O=P1(O)NP(NC2CCCCC2)(NC2CCCCC2)=N[P@@](=NC2CCCCC2)(NC2CCCCC2)N1. The van der Waals surface area contributed by atoms with Gasteiger partial charge in [-0.1, -0.05) is 77.0 Å². The molecule has 0 amide bonds. The molecule has 4 aliphatic carbocycles. The van der Waals surface area contributed by atoms with Gasteiger partial charge in [0.05, 0.1) is 6.04 Å². The van der Waals surface area contributed by atoms with Gasteiger partial charge in [-0.2, -0.15) is 14.2 Å². The third-order valence-corrected chi connectivity index (χ3v) is 18.1. The third-order valence-electron chi connectivity index (χ3n) is 8.64. The van der Waals surface area contributed by atoms with Crippen molar-refractivity contribution in [1.82, 2.24) is 25.0 Å².